The van der Waals surface area contributed by atoms with Gasteiger partial charge in [0.1, 0.15) is 0 Å². The van der Waals surface area contributed by atoms with Gasteiger partial charge < -0.3 is 16.4 Å². The van der Waals surface area contributed by atoms with Crippen LogP contribution in [-0.2, 0) is 9.59 Å². The summed E-state index contributed by atoms with van der Waals surface area (Å²) in [6.07, 6.45) is 0. The van der Waals surface area contributed by atoms with Crippen molar-refractivity contribution in [3.63, 3.8) is 0 Å². The first-order valence-electron chi connectivity index (χ1n) is 5.05. The summed E-state index contributed by atoms with van der Waals surface area (Å²) in [6, 6.07) is 5.58. The maximum atomic E-state index is 11.5. The van der Waals surface area contributed by atoms with Crippen LogP contribution >= 0.6 is 15.9 Å². The molecule has 0 spiro atoms. The van der Waals surface area contributed by atoms with Gasteiger partial charge in [-0.05, 0) is 40.5 Å². The van der Waals surface area contributed by atoms with Crippen LogP contribution < -0.4 is 16.4 Å². The SMILES string of the molecule is Cc1ccc(NC(=O)CNC(=O)CN)c(Br)c1. The van der Waals surface area contributed by atoms with Crippen molar-refractivity contribution >= 4 is 33.4 Å². The van der Waals surface area contributed by atoms with E-state index in [1.54, 1.807) is 6.07 Å². The molecule has 0 aliphatic heterocycles. The molecule has 1 rings (SSSR count). The van der Waals surface area contributed by atoms with E-state index in [-0.39, 0.29) is 24.9 Å². The number of amides is 2. The Kier molecular flexibility index (Phi) is 5.11. The van der Waals surface area contributed by atoms with Crippen LogP contribution in [0.2, 0.25) is 0 Å². The van der Waals surface area contributed by atoms with Crippen molar-refractivity contribution in [3.05, 3.63) is 28.2 Å². The van der Waals surface area contributed by atoms with Crippen molar-refractivity contribution in [2.24, 2.45) is 5.73 Å². The number of carbonyl (C=O) groups is 2. The zero-order valence-electron chi connectivity index (χ0n) is 9.42. The molecular weight excluding hydrogens is 286 g/mol. The molecule has 1 aromatic carbocycles. The minimum atomic E-state index is -0.358. The summed E-state index contributed by atoms with van der Waals surface area (Å²) in [5, 5.41) is 5.07. The van der Waals surface area contributed by atoms with E-state index in [4.69, 9.17) is 5.73 Å². The van der Waals surface area contributed by atoms with Crippen molar-refractivity contribution in [1.29, 1.82) is 0 Å². The fourth-order valence-corrected chi connectivity index (χ4v) is 1.76. The van der Waals surface area contributed by atoms with Gasteiger partial charge in [-0.3, -0.25) is 9.59 Å². The number of halogens is 1. The van der Waals surface area contributed by atoms with Crippen LogP contribution in [0, 0.1) is 6.92 Å². The van der Waals surface area contributed by atoms with Gasteiger partial charge in [-0.2, -0.15) is 0 Å². The molecule has 0 aromatic heterocycles. The Balaban J connectivity index is 2.53. The first-order chi connectivity index (χ1) is 8.02. The minimum Gasteiger partial charge on any atom is -0.346 e. The molecule has 0 heterocycles. The summed E-state index contributed by atoms with van der Waals surface area (Å²) in [7, 11) is 0. The summed E-state index contributed by atoms with van der Waals surface area (Å²) in [4.78, 5) is 22.3. The number of hydrogen-bond donors (Lipinski definition) is 3. The van der Waals surface area contributed by atoms with E-state index < -0.39 is 0 Å². The molecule has 2 amide bonds. The molecule has 0 aliphatic rings. The fraction of sp³-hybridized carbons (Fsp3) is 0.273. The number of rotatable bonds is 4. The standard InChI is InChI=1S/C11H14BrN3O2/c1-7-2-3-9(8(12)4-7)15-11(17)6-14-10(16)5-13/h2-4H,5-6,13H2,1H3,(H,14,16)(H,15,17). The molecule has 5 nitrogen and oxygen atoms in total. The van der Waals surface area contributed by atoms with Crippen LogP contribution in [-0.4, -0.2) is 24.9 Å². The predicted molar refractivity (Wildman–Crippen MR) is 69.6 cm³/mol. The topological polar surface area (TPSA) is 84.2 Å². The first-order valence-corrected chi connectivity index (χ1v) is 5.85. The molecular formula is C11H14BrN3O2. The molecule has 1 aromatic rings. The Hall–Kier alpha value is -1.40. The molecule has 6 heteroatoms. The maximum Gasteiger partial charge on any atom is 0.243 e. The maximum absolute atomic E-state index is 11.5. The molecule has 0 radical (unpaired) electrons. The van der Waals surface area contributed by atoms with E-state index in [0.29, 0.717) is 5.69 Å². The zero-order chi connectivity index (χ0) is 12.8. The van der Waals surface area contributed by atoms with Crippen molar-refractivity contribution in [1.82, 2.24) is 5.32 Å². The second-order valence-corrected chi connectivity index (χ2v) is 4.37. The molecule has 4 N–H and O–H groups in total. The third-order valence-electron chi connectivity index (χ3n) is 2.03. The van der Waals surface area contributed by atoms with Gasteiger partial charge in [0.2, 0.25) is 11.8 Å². The monoisotopic (exact) mass is 299 g/mol. The van der Waals surface area contributed by atoms with Gasteiger partial charge in [0.25, 0.3) is 0 Å². The highest BCUT2D eigenvalue weighted by molar-refractivity contribution is 9.10. The Morgan fingerprint density at radius 3 is 2.65 bits per heavy atom. The Bertz CT molecular complexity index is 435. The zero-order valence-corrected chi connectivity index (χ0v) is 11.0. The van der Waals surface area contributed by atoms with Crippen LogP contribution in [0.15, 0.2) is 22.7 Å². The smallest absolute Gasteiger partial charge is 0.243 e. The Morgan fingerprint density at radius 2 is 2.06 bits per heavy atom. The van der Waals surface area contributed by atoms with Gasteiger partial charge in [0.15, 0.2) is 0 Å². The Morgan fingerprint density at radius 1 is 1.35 bits per heavy atom. The molecule has 17 heavy (non-hydrogen) atoms. The van der Waals surface area contributed by atoms with E-state index in [9.17, 15) is 9.59 Å². The third kappa shape index (κ3) is 4.54. The van der Waals surface area contributed by atoms with Crippen molar-refractivity contribution in [2.75, 3.05) is 18.4 Å². The molecule has 0 aliphatic carbocycles. The minimum absolute atomic E-state index is 0.0870. The summed E-state index contributed by atoms with van der Waals surface area (Å²) in [5.41, 5.74) is 6.86. The molecule has 0 bridgehead atoms. The highest BCUT2D eigenvalue weighted by Gasteiger charge is 2.06. The number of nitrogens with one attached hydrogen (secondary N) is 2. The summed E-state index contributed by atoms with van der Waals surface area (Å²) in [5.74, 6) is -0.653. The molecule has 0 unspecified atom stereocenters. The number of hydrogen-bond acceptors (Lipinski definition) is 3. The van der Waals surface area contributed by atoms with Crippen LogP contribution in [0.1, 0.15) is 5.56 Å². The van der Waals surface area contributed by atoms with E-state index in [1.165, 1.54) is 0 Å². The highest BCUT2D eigenvalue weighted by Crippen LogP contribution is 2.22. The molecule has 0 fully saturated rings. The van der Waals surface area contributed by atoms with Crippen LogP contribution in [0.3, 0.4) is 0 Å². The van der Waals surface area contributed by atoms with Crippen LogP contribution in [0.5, 0.6) is 0 Å². The van der Waals surface area contributed by atoms with E-state index in [0.717, 1.165) is 10.0 Å². The normalized spacial score (nSPS) is 9.82. The molecule has 0 saturated heterocycles. The molecule has 0 saturated carbocycles. The van der Waals surface area contributed by atoms with E-state index in [2.05, 4.69) is 26.6 Å². The lowest BCUT2D eigenvalue weighted by Gasteiger charge is -2.08. The van der Waals surface area contributed by atoms with Crippen molar-refractivity contribution in [2.45, 2.75) is 6.92 Å². The van der Waals surface area contributed by atoms with Gasteiger partial charge in [0, 0.05) is 4.47 Å². The quantitative estimate of drug-likeness (QED) is 0.768. The van der Waals surface area contributed by atoms with E-state index >= 15 is 0 Å². The number of carbonyl (C=O) groups excluding carboxylic acids is 2. The van der Waals surface area contributed by atoms with Gasteiger partial charge in [0.05, 0.1) is 18.8 Å². The lowest BCUT2D eigenvalue weighted by molar-refractivity contribution is -0.123. The lowest BCUT2D eigenvalue weighted by Crippen LogP contribution is -2.36. The highest BCUT2D eigenvalue weighted by atomic mass is 79.9. The van der Waals surface area contributed by atoms with Crippen LogP contribution in [0.25, 0.3) is 0 Å². The number of nitrogens with two attached hydrogens (primary N) is 1. The average Bonchev–Trinajstić information content (AvgIpc) is 2.29. The van der Waals surface area contributed by atoms with Gasteiger partial charge in [-0.15, -0.1) is 0 Å². The van der Waals surface area contributed by atoms with Gasteiger partial charge in [-0.1, -0.05) is 6.07 Å². The average molecular weight is 300 g/mol. The lowest BCUT2D eigenvalue weighted by atomic mass is 10.2. The van der Waals surface area contributed by atoms with Crippen LogP contribution in [0.4, 0.5) is 5.69 Å². The number of benzene rings is 1. The predicted octanol–water partition coefficient (Wildman–Crippen LogP) is 0.771. The fourth-order valence-electron chi connectivity index (χ4n) is 1.17. The summed E-state index contributed by atoms with van der Waals surface area (Å²) >= 11 is 3.35. The second kappa shape index (κ2) is 6.36. The van der Waals surface area contributed by atoms with E-state index in [1.807, 2.05) is 19.1 Å². The Labute approximate surface area is 108 Å². The number of aryl methyl sites for hydroxylation is 1. The van der Waals surface area contributed by atoms with Crippen molar-refractivity contribution in [3.8, 4) is 0 Å². The first kappa shape index (κ1) is 13.7. The number of anilines is 1. The molecule has 0 atom stereocenters. The van der Waals surface area contributed by atoms with Crippen molar-refractivity contribution < 1.29 is 9.59 Å². The second-order valence-electron chi connectivity index (χ2n) is 3.51. The largest absolute Gasteiger partial charge is 0.346 e. The summed E-state index contributed by atoms with van der Waals surface area (Å²) < 4.78 is 0.802. The summed E-state index contributed by atoms with van der Waals surface area (Å²) in [6.45, 7) is 1.75. The third-order valence-corrected chi connectivity index (χ3v) is 2.69. The van der Waals surface area contributed by atoms with Gasteiger partial charge >= 0.3 is 0 Å². The molecule has 92 valence electrons. The van der Waals surface area contributed by atoms with Gasteiger partial charge in [-0.25, -0.2) is 0 Å².